The maximum Gasteiger partial charge on any atom is 0.244 e. The average molecular weight is 491 g/mol. The highest BCUT2D eigenvalue weighted by atomic mass is 32.2. The Kier molecular flexibility index (Phi) is 6.49. The Morgan fingerprint density at radius 3 is 2.43 bits per heavy atom. The molecule has 0 aliphatic carbocycles. The molecule has 0 bridgehead atoms. The van der Waals surface area contributed by atoms with Gasteiger partial charge in [-0.15, -0.1) is 0 Å². The van der Waals surface area contributed by atoms with Crippen molar-refractivity contribution in [2.45, 2.75) is 37.1 Å². The second-order valence-corrected chi connectivity index (χ2v) is 10.4. The lowest BCUT2D eigenvalue weighted by Gasteiger charge is -2.15. The van der Waals surface area contributed by atoms with Crippen molar-refractivity contribution in [1.29, 1.82) is 0 Å². The van der Waals surface area contributed by atoms with Gasteiger partial charge in [0.05, 0.1) is 23.2 Å². The maximum absolute atomic E-state index is 13.5. The number of hydrogen-bond acceptors (Lipinski definition) is 5. The minimum absolute atomic E-state index is 0.0368. The lowest BCUT2D eigenvalue weighted by molar-refractivity contribution is -0.116. The Morgan fingerprint density at radius 2 is 1.71 bits per heavy atom. The number of fused-ring (bicyclic) bond motifs is 1. The molecule has 1 heterocycles. The summed E-state index contributed by atoms with van der Waals surface area (Å²) >= 11 is 0. The van der Waals surface area contributed by atoms with E-state index in [4.69, 9.17) is 4.74 Å². The van der Waals surface area contributed by atoms with E-state index in [9.17, 15) is 18.0 Å². The SMILES string of the molecule is COc1ccccc1NC(=O)Cn1cc(S(=O)(=O)c2ccc(C)c(C)c2)c(=O)c2cc(C)ccc21. The third-order valence-electron chi connectivity index (χ3n) is 5.98. The lowest BCUT2D eigenvalue weighted by atomic mass is 10.1. The van der Waals surface area contributed by atoms with E-state index in [0.717, 1.165) is 16.7 Å². The van der Waals surface area contributed by atoms with E-state index < -0.39 is 21.2 Å². The molecule has 1 N–H and O–H groups in total. The first-order chi connectivity index (χ1) is 16.6. The molecule has 35 heavy (non-hydrogen) atoms. The summed E-state index contributed by atoms with van der Waals surface area (Å²) in [6.45, 7) is 5.33. The molecule has 180 valence electrons. The number of para-hydroxylation sites is 2. The van der Waals surface area contributed by atoms with E-state index in [0.29, 0.717) is 17.0 Å². The van der Waals surface area contributed by atoms with Crippen LogP contribution in [0.2, 0.25) is 0 Å². The van der Waals surface area contributed by atoms with E-state index in [2.05, 4.69) is 5.32 Å². The molecular weight excluding hydrogens is 464 g/mol. The molecule has 0 unspecified atom stereocenters. The largest absolute Gasteiger partial charge is 0.495 e. The first kappa shape index (κ1) is 24.2. The number of ether oxygens (including phenoxy) is 1. The van der Waals surface area contributed by atoms with Crippen LogP contribution in [-0.2, 0) is 21.2 Å². The fourth-order valence-electron chi connectivity index (χ4n) is 3.91. The zero-order valence-electron chi connectivity index (χ0n) is 20.0. The average Bonchev–Trinajstić information content (AvgIpc) is 2.82. The summed E-state index contributed by atoms with van der Waals surface area (Å²) in [7, 11) is -2.62. The zero-order chi connectivity index (χ0) is 25.3. The molecule has 0 aliphatic heterocycles. The molecule has 1 amide bonds. The lowest BCUT2D eigenvalue weighted by Crippen LogP contribution is -2.24. The molecule has 0 atom stereocenters. The number of anilines is 1. The Hall–Kier alpha value is -3.91. The van der Waals surface area contributed by atoms with Gasteiger partial charge in [0.25, 0.3) is 0 Å². The smallest absolute Gasteiger partial charge is 0.244 e. The van der Waals surface area contributed by atoms with Gasteiger partial charge in [-0.05, 0) is 68.3 Å². The fraction of sp³-hybridized carbons (Fsp3) is 0.185. The van der Waals surface area contributed by atoms with Crippen LogP contribution in [0.15, 0.2) is 81.4 Å². The summed E-state index contributed by atoms with van der Waals surface area (Å²) in [4.78, 5) is 26.0. The van der Waals surface area contributed by atoms with Crippen molar-refractivity contribution in [3.8, 4) is 5.75 Å². The van der Waals surface area contributed by atoms with Gasteiger partial charge >= 0.3 is 0 Å². The Labute approximate surface area is 203 Å². The van der Waals surface area contributed by atoms with E-state index >= 15 is 0 Å². The van der Waals surface area contributed by atoms with E-state index in [1.54, 1.807) is 48.5 Å². The molecule has 0 radical (unpaired) electrons. The molecule has 0 spiro atoms. The van der Waals surface area contributed by atoms with Gasteiger partial charge in [0, 0.05) is 11.6 Å². The number of nitrogens with zero attached hydrogens (tertiary/aromatic N) is 1. The minimum atomic E-state index is -4.13. The van der Waals surface area contributed by atoms with Crippen molar-refractivity contribution in [1.82, 2.24) is 4.57 Å². The number of rotatable bonds is 6. The summed E-state index contributed by atoms with van der Waals surface area (Å²) < 4.78 is 33.8. The van der Waals surface area contributed by atoms with Crippen molar-refractivity contribution < 1.29 is 17.9 Å². The first-order valence-electron chi connectivity index (χ1n) is 11.0. The maximum atomic E-state index is 13.5. The number of sulfone groups is 1. The number of hydrogen-bond donors (Lipinski definition) is 1. The van der Waals surface area contributed by atoms with Gasteiger partial charge in [-0.3, -0.25) is 9.59 Å². The van der Waals surface area contributed by atoms with Crippen LogP contribution >= 0.6 is 0 Å². The molecule has 0 aliphatic rings. The van der Waals surface area contributed by atoms with Gasteiger partial charge in [0.2, 0.25) is 21.2 Å². The highest BCUT2D eigenvalue weighted by Crippen LogP contribution is 2.25. The van der Waals surface area contributed by atoms with E-state index in [1.807, 2.05) is 26.8 Å². The molecule has 0 saturated heterocycles. The number of amides is 1. The second kappa shape index (κ2) is 9.38. The fourth-order valence-corrected chi connectivity index (χ4v) is 5.36. The second-order valence-electron chi connectivity index (χ2n) is 8.47. The molecular formula is C27H26N2O5S. The number of aromatic nitrogens is 1. The van der Waals surface area contributed by atoms with Crippen LogP contribution in [0.25, 0.3) is 10.9 Å². The van der Waals surface area contributed by atoms with Gasteiger partial charge in [-0.2, -0.15) is 0 Å². The van der Waals surface area contributed by atoms with Gasteiger partial charge < -0.3 is 14.6 Å². The standard InChI is InChI=1S/C27H26N2O5S/c1-17-9-12-23-21(13-17)27(31)25(35(32,33)20-11-10-18(2)19(3)14-20)15-29(23)16-26(30)28-22-7-5-6-8-24(22)34-4/h5-15H,16H2,1-4H3,(H,28,30). The predicted octanol–water partition coefficient (Wildman–Crippen LogP) is 4.41. The summed E-state index contributed by atoms with van der Waals surface area (Å²) in [6, 6.07) is 16.9. The normalized spacial score (nSPS) is 11.4. The van der Waals surface area contributed by atoms with Crippen LogP contribution in [0.5, 0.6) is 5.75 Å². The molecule has 0 saturated carbocycles. The quantitative estimate of drug-likeness (QED) is 0.432. The first-order valence-corrected chi connectivity index (χ1v) is 12.5. The number of nitrogens with one attached hydrogen (secondary N) is 1. The van der Waals surface area contributed by atoms with Crippen molar-refractivity contribution >= 4 is 32.3 Å². The van der Waals surface area contributed by atoms with Gasteiger partial charge in [-0.25, -0.2) is 8.42 Å². The van der Waals surface area contributed by atoms with Crippen LogP contribution in [0.4, 0.5) is 5.69 Å². The van der Waals surface area contributed by atoms with E-state index in [-0.39, 0.29) is 21.7 Å². The Bertz CT molecular complexity index is 1620. The molecule has 1 aromatic heterocycles. The number of pyridine rings is 1. The van der Waals surface area contributed by atoms with Gasteiger partial charge in [0.15, 0.2) is 0 Å². The molecule has 7 nitrogen and oxygen atoms in total. The van der Waals surface area contributed by atoms with Gasteiger partial charge in [0.1, 0.15) is 17.2 Å². The van der Waals surface area contributed by atoms with Crippen LogP contribution < -0.4 is 15.5 Å². The van der Waals surface area contributed by atoms with Crippen LogP contribution in [-0.4, -0.2) is 26.0 Å². The van der Waals surface area contributed by atoms with Gasteiger partial charge in [-0.1, -0.05) is 29.8 Å². The number of benzene rings is 3. The van der Waals surface area contributed by atoms with Crippen LogP contribution in [0, 0.1) is 20.8 Å². The predicted molar refractivity (Wildman–Crippen MR) is 136 cm³/mol. The number of aryl methyl sites for hydroxylation is 3. The Morgan fingerprint density at radius 1 is 0.971 bits per heavy atom. The number of carbonyl (C=O) groups excluding carboxylic acids is 1. The molecule has 3 aromatic carbocycles. The summed E-state index contributed by atoms with van der Waals surface area (Å²) in [5.74, 6) is 0.105. The van der Waals surface area contributed by atoms with E-state index in [1.165, 1.54) is 23.9 Å². The summed E-state index contributed by atoms with van der Waals surface area (Å²) in [6.07, 6.45) is 1.26. The van der Waals surface area contributed by atoms with Crippen molar-refractivity contribution in [3.05, 3.63) is 93.8 Å². The molecule has 4 rings (SSSR count). The molecule has 0 fully saturated rings. The monoisotopic (exact) mass is 490 g/mol. The zero-order valence-corrected chi connectivity index (χ0v) is 20.8. The number of carbonyl (C=O) groups is 1. The van der Waals surface area contributed by atoms with Crippen LogP contribution in [0.1, 0.15) is 16.7 Å². The summed E-state index contributed by atoms with van der Waals surface area (Å²) in [5.41, 5.74) is 2.92. The minimum Gasteiger partial charge on any atom is -0.495 e. The molecule has 8 heteroatoms. The van der Waals surface area contributed by atoms with Crippen LogP contribution in [0.3, 0.4) is 0 Å². The summed E-state index contributed by atoms with van der Waals surface area (Å²) in [5, 5.41) is 3.03. The van der Waals surface area contributed by atoms with Crippen molar-refractivity contribution in [3.63, 3.8) is 0 Å². The third kappa shape index (κ3) is 4.70. The topological polar surface area (TPSA) is 94.5 Å². The highest BCUT2D eigenvalue weighted by Gasteiger charge is 2.25. The number of methoxy groups -OCH3 is 1. The molecule has 4 aromatic rings. The highest BCUT2D eigenvalue weighted by molar-refractivity contribution is 7.91. The third-order valence-corrected chi connectivity index (χ3v) is 7.72. The van der Waals surface area contributed by atoms with Crippen molar-refractivity contribution in [2.24, 2.45) is 0 Å². The van der Waals surface area contributed by atoms with Crippen molar-refractivity contribution in [2.75, 3.05) is 12.4 Å². The Balaban J connectivity index is 1.83.